The van der Waals surface area contributed by atoms with E-state index in [-0.39, 0.29) is 31.1 Å². The Hall–Kier alpha value is -3.67. The minimum absolute atomic E-state index is 0.0852. The minimum atomic E-state index is -0.789. The Bertz CT molecular complexity index is 1460. The first-order valence-corrected chi connectivity index (χ1v) is 31.2. The van der Waals surface area contributed by atoms with Gasteiger partial charge in [-0.2, -0.15) is 0 Å². The smallest absolute Gasteiger partial charge is 0.306 e. The zero-order chi connectivity index (χ0) is 53.6. The van der Waals surface area contributed by atoms with Crippen molar-refractivity contribution in [1.82, 2.24) is 0 Å². The van der Waals surface area contributed by atoms with Crippen LogP contribution in [0.5, 0.6) is 0 Å². The number of unbranched alkanes of at least 4 members (excludes halogenated alkanes) is 29. The van der Waals surface area contributed by atoms with Gasteiger partial charge < -0.3 is 14.2 Å². The molecule has 0 N–H and O–H groups in total. The molecular formula is C68H116O6. The average molecular weight is 1030 g/mol. The zero-order valence-electron chi connectivity index (χ0n) is 48.6. The van der Waals surface area contributed by atoms with Gasteiger partial charge in [0.2, 0.25) is 0 Å². The lowest BCUT2D eigenvalue weighted by atomic mass is 10.1. The molecule has 0 aromatic heterocycles. The molecule has 0 saturated carbocycles. The fourth-order valence-corrected chi connectivity index (χ4v) is 8.65. The fourth-order valence-electron chi connectivity index (χ4n) is 8.65. The molecule has 0 aromatic rings. The van der Waals surface area contributed by atoms with Crippen molar-refractivity contribution in [1.29, 1.82) is 0 Å². The molecule has 0 rings (SSSR count). The molecule has 1 atom stereocenters. The van der Waals surface area contributed by atoms with Gasteiger partial charge in [0, 0.05) is 19.3 Å². The van der Waals surface area contributed by atoms with Crippen molar-refractivity contribution in [3.8, 4) is 0 Å². The van der Waals surface area contributed by atoms with Crippen molar-refractivity contribution in [2.45, 2.75) is 303 Å². The summed E-state index contributed by atoms with van der Waals surface area (Å²) in [4.78, 5) is 38.2. The maximum atomic E-state index is 12.9. The van der Waals surface area contributed by atoms with E-state index in [1.807, 2.05) is 0 Å². The summed E-state index contributed by atoms with van der Waals surface area (Å²) in [6.07, 6.45) is 82.7. The largest absolute Gasteiger partial charge is 0.462 e. The third kappa shape index (κ3) is 59.2. The van der Waals surface area contributed by atoms with E-state index in [4.69, 9.17) is 14.2 Å². The normalized spacial score (nSPS) is 12.7. The molecule has 0 aromatic carbocycles. The van der Waals surface area contributed by atoms with E-state index in [1.54, 1.807) is 0 Å². The second-order valence-electron chi connectivity index (χ2n) is 20.6. The van der Waals surface area contributed by atoms with Crippen molar-refractivity contribution < 1.29 is 28.6 Å². The molecule has 1 unspecified atom stereocenters. The number of hydrogen-bond donors (Lipinski definition) is 0. The molecule has 0 fully saturated rings. The summed E-state index contributed by atoms with van der Waals surface area (Å²) in [6, 6.07) is 0. The molecule has 0 amide bonds. The van der Waals surface area contributed by atoms with Crippen LogP contribution >= 0.6 is 0 Å². The second-order valence-corrected chi connectivity index (χ2v) is 20.6. The Balaban J connectivity index is 4.31. The standard InChI is InChI=1S/C68H116O6/c1-4-7-10-13-16-19-22-24-26-28-30-32-33-34-35-37-38-40-42-44-46-49-52-55-58-61-67(70)73-64-65(63-72-66(69)60-57-54-51-48-21-18-15-12-9-6-3)74-68(71)62-59-56-53-50-47-45-43-41-39-36-31-29-27-25-23-20-17-14-11-8-5-2/h8,11,17,20,22,24-25,27-28,30-31,33-34,36,41,43,65H,4-7,9-10,12-16,18-19,21,23,26,29,32,35,37-40,42,44-64H2,1-3H3/b11-8-,20-17-,24-22-,27-25-,30-28-,34-33-,36-31-,43-41-. The minimum Gasteiger partial charge on any atom is -0.462 e. The van der Waals surface area contributed by atoms with Gasteiger partial charge in [-0.05, 0) is 103 Å². The summed E-state index contributed by atoms with van der Waals surface area (Å²) in [6.45, 7) is 6.50. The highest BCUT2D eigenvalue weighted by Gasteiger charge is 2.19. The first-order chi connectivity index (χ1) is 36.5. The number of rotatable bonds is 56. The molecule has 6 nitrogen and oxygen atoms in total. The lowest BCUT2D eigenvalue weighted by Gasteiger charge is -2.18. The van der Waals surface area contributed by atoms with Crippen LogP contribution in [0.2, 0.25) is 0 Å². The summed E-state index contributed by atoms with van der Waals surface area (Å²) in [5.41, 5.74) is 0. The quantitative estimate of drug-likeness (QED) is 0.0261. The Morgan fingerprint density at radius 3 is 0.824 bits per heavy atom. The highest BCUT2D eigenvalue weighted by Crippen LogP contribution is 2.15. The third-order valence-corrected chi connectivity index (χ3v) is 13.3. The van der Waals surface area contributed by atoms with Crippen LogP contribution in [0.25, 0.3) is 0 Å². The van der Waals surface area contributed by atoms with Crippen LogP contribution in [0.1, 0.15) is 297 Å². The molecule has 424 valence electrons. The van der Waals surface area contributed by atoms with Crippen LogP contribution in [0.4, 0.5) is 0 Å². The SMILES string of the molecule is CC/C=C\C/C=C\C/C=C\C/C=C\C/C=C\CCCCCCCC(=O)OC(COC(=O)CCCCCCCCCCCC)COC(=O)CCCCCCCCCCCC/C=C\C/C=C\C/C=C\CCCCCCC. The third-order valence-electron chi connectivity index (χ3n) is 13.3. The van der Waals surface area contributed by atoms with Crippen LogP contribution in [0.3, 0.4) is 0 Å². The Morgan fingerprint density at radius 1 is 0.284 bits per heavy atom. The Labute approximate surface area is 457 Å². The summed E-state index contributed by atoms with van der Waals surface area (Å²) >= 11 is 0. The second kappa shape index (κ2) is 61.9. The molecule has 74 heavy (non-hydrogen) atoms. The Kier molecular flexibility index (Phi) is 58.8. The molecule has 0 bridgehead atoms. The Morgan fingerprint density at radius 2 is 0.527 bits per heavy atom. The first kappa shape index (κ1) is 70.3. The summed E-state index contributed by atoms with van der Waals surface area (Å²) < 4.78 is 16.9. The van der Waals surface area contributed by atoms with Gasteiger partial charge >= 0.3 is 17.9 Å². The molecule has 0 aliphatic carbocycles. The molecule has 0 aliphatic heterocycles. The molecule has 0 radical (unpaired) electrons. The van der Waals surface area contributed by atoms with E-state index in [1.165, 1.54) is 135 Å². The van der Waals surface area contributed by atoms with Gasteiger partial charge in [-0.15, -0.1) is 0 Å². The van der Waals surface area contributed by atoms with E-state index >= 15 is 0 Å². The monoisotopic (exact) mass is 1030 g/mol. The predicted molar refractivity (Wildman–Crippen MR) is 320 cm³/mol. The maximum absolute atomic E-state index is 12.9. The highest BCUT2D eigenvalue weighted by molar-refractivity contribution is 5.71. The summed E-state index contributed by atoms with van der Waals surface area (Å²) in [7, 11) is 0. The summed E-state index contributed by atoms with van der Waals surface area (Å²) in [5, 5.41) is 0. The maximum Gasteiger partial charge on any atom is 0.306 e. The van der Waals surface area contributed by atoms with Crippen molar-refractivity contribution >= 4 is 17.9 Å². The van der Waals surface area contributed by atoms with Gasteiger partial charge in [-0.1, -0.05) is 272 Å². The highest BCUT2D eigenvalue weighted by atomic mass is 16.6. The van der Waals surface area contributed by atoms with Crippen molar-refractivity contribution in [2.75, 3.05) is 13.2 Å². The molecule has 0 saturated heterocycles. The van der Waals surface area contributed by atoms with Crippen molar-refractivity contribution in [3.63, 3.8) is 0 Å². The molecule has 0 aliphatic rings. The summed E-state index contributed by atoms with van der Waals surface area (Å²) in [5.74, 6) is -0.903. The number of carbonyl (C=O) groups is 3. The van der Waals surface area contributed by atoms with Gasteiger partial charge in [-0.25, -0.2) is 0 Å². The van der Waals surface area contributed by atoms with Gasteiger partial charge in [0.25, 0.3) is 0 Å². The zero-order valence-corrected chi connectivity index (χ0v) is 48.6. The van der Waals surface area contributed by atoms with E-state index in [2.05, 4.69) is 118 Å². The first-order valence-electron chi connectivity index (χ1n) is 31.2. The van der Waals surface area contributed by atoms with Gasteiger partial charge in [0.15, 0.2) is 6.10 Å². The van der Waals surface area contributed by atoms with E-state index in [0.717, 1.165) is 122 Å². The number of esters is 3. The topological polar surface area (TPSA) is 78.9 Å². The van der Waals surface area contributed by atoms with Gasteiger partial charge in [-0.3, -0.25) is 14.4 Å². The van der Waals surface area contributed by atoms with Crippen LogP contribution in [0, 0.1) is 0 Å². The van der Waals surface area contributed by atoms with E-state index < -0.39 is 6.10 Å². The lowest BCUT2D eigenvalue weighted by Crippen LogP contribution is -2.30. The predicted octanol–water partition coefficient (Wildman–Crippen LogP) is 21.3. The van der Waals surface area contributed by atoms with Crippen LogP contribution in [-0.4, -0.2) is 37.2 Å². The van der Waals surface area contributed by atoms with Crippen LogP contribution in [-0.2, 0) is 28.6 Å². The average Bonchev–Trinajstić information content (AvgIpc) is 3.40. The number of carbonyl (C=O) groups excluding carboxylic acids is 3. The molecular weight excluding hydrogens is 913 g/mol. The lowest BCUT2D eigenvalue weighted by molar-refractivity contribution is -0.167. The fraction of sp³-hybridized carbons (Fsp3) is 0.721. The van der Waals surface area contributed by atoms with Gasteiger partial charge in [0.05, 0.1) is 0 Å². The number of allylic oxidation sites excluding steroid dienone is 16. The van der Waals surface area contributed by atoms with E-state index in [9.17, 15) is 14.4 Å². The van der Waals surface area contributed by atoms with Crippen LogP contribution in [0.15, 0.2) is 97.2 Å². The van der Waals surface area contributed by atoms with E-state index in [0.29, 0.717) is 19.3 Å². The van der Waals surface area contributed by atoms with Crippen molar-refractivity contribution in [3.05, 3.63) is 97.2 Å². The van der Waals surface area contributed by atoms with Crippen LogP contribution < -0.4 is 0 Å². The number of hydrogen-bond acceptors (Lipinski definition) is 6. The molecule has 0 heterocycles. The van der Waals surface area contributed by atoms with Gasteiger partial charge in [0.1, 0.15) is 13.2 Å². The van der Waals surface area contributed by atoms with Crippen molar-refractivity contribution in [2.24, 2.45) is 0 Å². The number of ether oxygens (including phenoxy) is 3. The molecule has 6 heteroatoms. The molecule has 0 spiro atoms.